The van der Waals surface area contributed by atoms with Gasteiger partial charge in [0.2, 0.25) is 0 Å². The lowest BCUT2D eigenvalue weighted by atomic mass is 10.00. The van der Waals surface area contributed by atoms with Gasteiger partial charge in [-0.3, -0.25) is 9.69 Å². The number of nitrogens with one attached hydrogen (secondary N) is 1. The van der Waals surface area contributed by atoms with Gasteiger partial charge in [-0.05, 0) is 41.8 Å². The molecule has 0 aromatic heterocycles. The van der Waals surface area contributed by atoms with Crippen LogP contribution in [0.5, 0.6) is 0 Å². The number of hydrogen-bond donors (Lipinski definition) is 2. The molecule has 1 aliphatic heterocycles. The smallest absolute Gasteiger partial charge is 0.335 e. The monoisotopic (exact) mass is 358 g/mol. The molecule has 1 heterocycles. The van der Waals surface area contributed by atoms with E-state index in [2.05, 4.69) is 16.3 Å². The standard InChI is InChI=1S/C19H19ClN2O3/c20-17-6-2-5-15-12-22(9-7-16(15)17)10-8-21-18(23)13-3-1-4-14(11-13)19(24)25/h1-6,11H,7-10,12H2,(H,21,23)(H,24,25). The first-order chi connectivity index (χ1) is 12.0. The fourth-order valence-corrected chi connectivity index (χ4v) is 3.32. The number of hydrogen-bond acceptors (Lipinski definition) is 3. The molecule has 0 saturated heterocycles. The van der Waals surface area contributed by atoms with Gasteiger partial charge in [0.15, 0.2) is 0 Å². The van der Waals surface area contributed by atoms with Crippen molar-refractivity contribution < 1.29 is 14.7 Å². The van der Waals surface area contributed by atoms with Gasteiger partial charge in [0.05, 0.1) is 5.56 Å². The normalized spacial score (nSPS) is 14.0. The number of nitrogens with zero attached hydrogens (tertiary/aromatic N) is 1. The molecular formula is C19H19ClN2O3. The molecule has 2 aromatic carbocycles. The number of carboxylic acid groups (broad SMARTS) is 1. The van der Waals surface area contributed by atoms with Crippen molar-refractivity contribution in [1.82, 2.24) is 10.2 Å². The molecule has 2 N–H and O–H groups in total. The van der Waals surface area contributed by atoms with E-state index in [0.717, 1.165) is 31.1 Å². The van der Waals surface area contributed by atoms with E-state index < -0.39 is 5.97 Å². The van der Waals surface area contributed by atoms with Crippen LogP contribution < -0.4 is 5.32 Å². The average molecular weight is 359 g/mol. The molecule has 130 valence electrons. The number of rotatable bonds is 5. The molecule has 1 aliphatic rings. The number of carboxylic acids is 1. The lowest BCUT2D eigenvalue weighted by molar-refractivity contribution is 0.0697. The zero-order valence-electron chi connectivity index (χ0n) is 13.7. The predicted molar refractivity (Wildman–Crippen MR) is 96.2 cm³/mol. The Morgan fingerprint density at radius 3 is 2.72 bits per heavy atom. The Balaban J connectivity index is 1.53. The topological polar surface area (TPSA) is 69.6 Å². The number of carbonyl (C=O) groups is 2. The van der Waals surface area contributed by atoms with Gasteiger partial charge in [-0.2, -0.15) is 0 Å². The highest BCUT2D eigenvalue weighted by Gasteiger charge is 2.18. The van der Waals surface area contributed by atoms with E-state index in [-0.39, 0.29) is 11.5 Å². The van der Waals surface area contributed by atoms with Crippen LogP contribution in [0, 0.1) is 0 Å². The van der Waals surface area contributed by atoms with Gasteiger partial charge in [-0.15, -0.1) is 0 Å². The van der Waals surface area contributed by atoms with Crippen molar-refractivity contribution in [3.05, 3.63) is 69.7 Å². The van der Waals surface area contributed by atoms with Gasteiger partial charge in [-0.25, -0.2) is 4.79 Å². The summed E-state index contributed by atoms with van der Waals surface area (Å²) in [5, 5.41) is 12.7. The number of benzene rings is 2. The SMILES string of the molecule is O=C(O)c1cccc(C(=O)NCCN2CCc3c(Cl)cccc3C2)c1. The first-order valence-electron chi connectivity index (χ1n) is 8.15. The van der Waals surface area contributed by atoms with E-state index in [0.29, 0.717) is 12.1 Å². The Bertz CT molecular complexity index is 807. The lowest BCUT2D eigenvalue weighted by Crippen LogP contribution is -2.37. The van der Waals surface area contributed by atoms with Crippen LogP contribution in [0.25, 0.3) is 0 Å². The van der Waals surface area contributed by atoms with E-state index in [9.17, 15) is 9.59 Å². The molecule has 5 nitrogen and oxygen atoms in total. The fraction of sp³-hybridized carbons (Fsp3) is 0.263. The van der Waals surface area contributed by atoms with Gasteiger partial charge in [0.1, 0.15) is 0 Å². The molecule has 6 heteroatoms. The average Bonchev–Trinajstić information content (AvgIpc) is 2.62. The van der Waals surface area contributed by atoms with Crippen molar-refractivity contribution in [2.75, 3.05) is 19.6 Å². The molecule has 0 fully saturated rings. The van der Waals surface area contributed by atoms with Crippen LogP contribution in [0.3, 0.4) is 0 Å². The van der Waals surface area contributed by atoms with E-state index in [1.54, 1.807) is 12.1 Å². The molecule has 0 atom stereocenters. The third-order valence-corrected chi connectivity index (χ3v) is 4.73. The molecule has 0 unspecified atom stereocenters. The second-order valence-electron chi connectivity index (χ2n) is 6.05. The van der Waals surface area contributed by atoms with Crippen molar-refractivity contribution in [2.24, 2.45) is 0 Å². The second-order valence-corrected chi connectivity index (χ2v) is 6.45. The summed E-state index contributed by atoms with van der Waals surface area (Å²) in [4.78, 5) is 25.4. The molecule has 0 aliphatic carbocycles. The highest BCUT2D eigenvalue weighted by Crippen LogP contribution is 2.25. The van der Waals surface area contributed by atoms with Crippen LogP contribution in [0.1, 0.15) is 31.8 Å². The summed E-state index contributed by atoms with van der Waals surface area (Å²) in [5.74, 6) is -1.30. The van der Waals surface area contributed by atoms with Crippen molar-refractivity contribution in [3.8, 4) is 0 Å². The van der Waals surface area contributed by atoms with Crippen molar-refractivity contribution in [2.45, 2.75) is 13.0 Å². The van der Waals surface area contributed by atoms with Crippen LogP contribution in [0.4, 0.5) is 0 Å². The minimum atomic E-state index is -1.04. The zero-order chi connectivity index (χ0) is 17.8. The maximum atomic E-state index is 12.2. The molecule has 0 spiro atoms. The molecule has 0 radical (unpaired) electrons. The number of amides is 1. The molecule has 0 bridgehead atoms. The first-order valence-corrected chi connectivity index (χ1v) is 8.52. The molecule has 0 saturated carbocycles. The summed E-state index contributed by atoms with van der Waals surface area (Å²) in [6.07, 6.45) is 0.906. The van der Waals surface area contributed by atoms with Crippen LogP contribution in [0.15, 0.2) is 42.5 Å². The van der Waals surface area contributed by atoms with Gasteiger partial charge in [0, 0.05) is 36.8 Å². The lowest BCUT2D eigenvalue weighted by Gasteiger charge is -2.29. The molecule has 2 aromatic rings. The van der Waals surface area contributed by atoms with Gasteiger partial charge < -0.3 is 10.4 Å². The predicted octanol–water partition coefficient (Wildman–Crippen LogP) is 2.83. The first kappa shape index (κ1) is 17.5. The molecule has 1 amide bonds. The highest BCUT2D eigenvalue weighted by atomic mass is 35.5. The van der Waals surface area contributed by atoms with Crippen LogP contribution >= 0.6 is 11.6 Å². The number of carbonyl (C=O) groups excluding carboxylic acids is 1. The van der Waals surface area contributed by atoms with Crippen LogP contribution in [-0.2, 0) is 13.0 Å². The summed E-state index contributed by atoms with van der Waals surface area (Å²) in [6, 6.07) is 12.0. The Hall–Kier alpha value is -2.37. The maximum Gasteiger partial charge on any atom is 0.335 e. The van der Waals surface area contributed by atoms with Crippen LogP contribution in [-0.4, -0.2) is 41.5 Å². The van der Waals surface area contributed by atoms with Gasteiger partial charge in [0.25, 0.3) is 5.91 Å². The second kappa shape index (κ2) is 7.68. The Morgan fingerprint density at radius 1 is 1.16 bits per heavy atom. The fourth-order valence-electron chi connectivity index (χ4n) is 3.04. The third kappa shape index (κ3) is 4.18. The quantitative estimate of drug-likeness (QED) is 0.862. The molecular weight excluding hydrogens is 340 g/mol. The van der Waals surface area contributed by atoms with Crippen molar-refractivity contribution >= 4 is 23.5 Å². The Labute approximate surface area is 151 Å². The summed E-state index contributed by atoms with van der Waals surface area (Å²) in [6.45, 7) is 2.96. The maximum absolute atomic E-state index is 12.2. The van der Waals surface area contributed by atoms with E-state index in [1.807, 2.05) is 12.1 Å². The molecule has 25 heavy (non-hydrogen) atoms. The zero-order valence-corrected chi connectivity index (χ0v) is 14.4. The van der Waals surface area contributed by atoms with Gasteiger partial charge in [-0.1, -0.05) is 29.8 Å². The van der Waals surface area contributed by atoms with E-state index >= 15 is 0 Å². The number of fused-ring (bicyclic) bond motifs is 1. The van der Waals surface area contributed by atoms with Crippen LogP contribution in [0.2, 0.25) is 5.02 Å². The Kier molecular flexibility index (Phi) is 5.36. The van der Waals surface area contributed by atoms with E-state index in [4.69, 9.17) is 16.7 Å². The summed E-state index contributed by atoms with van der Waals surface area (Å²) in [5.41, 5.74) is 2.92. The molecule has 3 rings (SSSR count). The largest absolute Gasteiger partial charge is 0.478 e. The Morgan fingerprint density at radius 2 is 1.92 bits per heavy atom. The summed E-state index contributed by atoms with van der Waals surface area (Å²) < 4.78 is 0. The van der Waals surface area contributed by atoms with Crippen molar-refractivity contribution in [3.63, 3.8) is 0 Å². The minimum Gasteiger partial charge on any atom is -0.478 e. The summed E-state index contributed by atoms with van der Waals surface area (Å²) in [7, 11) is 0. The number of halogens is 1. The van der Waals surface area contributed by atoms with Gasteiger partial charge >= 0.3 is 5.97 Å². The third-order valence-electron chi connectivity index (χ3n) is 4.37. The number of aromatic carboxylic acids is 1. The highest BCUT2D eigenvalue weighted by molar-refractivity contribution is 6.31. The van der Waals surface area contributed by atoms with E-state index in [1.165, 1.54) is 23.3 Å². The summed E-state index contributed by atoms with van der Waals surface area (Å²) >= 11 is 6.22. The van der Waals surface area contributed by atoms with Crippen molar-refractivity contribution in [1.29, 1.82) is 0 Å². The minimum absolute atomic E-state index is 0.108.